The van der Waals surface area contributed by atoms with Crippen LogP contribution in [0.25, 0.3) is 0 Å². The standard InChI is InChI=1S/C10H22ClNO2S/c1-9(2,3)15(13,14)12-8-10(4,5)6-7-11/h12H,6-8H2,1-5H3. The van der Waals surface area contributed by atoms with Gasteiger partial charge in [0.15, 0.2) is 0 Å². The zero-order chi connectivity index (χ0) is 12.3. The molecule has 5 heteroatoms. The number of halogens is 1. The summed E-state index contributed by atoms with van der Waals surface area (Å²) in [6, 6.07) is 0. The molecule has 0 rings (SSSR count). The fraction of sp³-hybridized carbons (Fsp3) is 1.00. The minimum Gasteiger partial charge on any atom is -0.214 e. The lowest BCUT2D eigenvalue weighted by Gasteiger charge is -2.27. The molecular formula is C10H22ClNO2S. The summed E-state index contributed by atoms with van der Waals surface area (Å²) >= 11 is 5.65. The maximum absolute atomic E-state index is 11.8. The lowest BCUT2D eigenvalue weighted by Crippen LogP contribution is -2.43. The first-order valence-electron chi connectivity index (χ1n) is 5.07. The van der Waals surface area contributed by atoms with Crippen LogP contribution >= 0.6 is 11.6 Å². The Hall–Kier alpha value is 0.200. The van der Waals surface area contributed by atoms with Crippen LogP contribution in [0.4, 0.5) is 0 Å². The second kappa shape index (κ2) is 5.02. The summed E-state index contributed by atoms with van der Waals surface area (Å²) < 4.78 is 25.4. The second-order valence-electron chi connectivity index (χ2n) is 5.54. The summed E-state index contributed by atoms with van der Waals surface area (Å²) in [5.74, 6) is 0.546. The van der Waals surface area contributed by atoms with Gasteiger partial charge in [-0.2, -0.15) is 0 Å². The Balaban J connectivity index is 4.41. The zero-order valence-electron chi connectivity index (χ0n) is 10.2. The molecule has 0 aromatic rings. The van der Waals surface area contributed by atoms with Crippen molar-refractivity contribution in [3.63, 3.8) is 0 Å². The van der Waals surface area contributed by atoms with E-state index in [2.05, 4.69) is 4.72 Å². The van der Waals surface area contributed by atoms with E-state index in [0.717, 1.165) is 6.42 Å². The molecule has 3 nitrogen and oxygen atoms in total. The van der Waals surface area contributed by atoms with E-state index in [9.17, 15) is 8.42 Å². The Morgan fingerprint density at radius 3 is 1.93 bits per heavy atom. The molecule has 15 heavy (non-hydrogen) atoms. The monoisotopic (exact) mass is 255 g/mol. The van der Waals surface area contributed by atoms with Gasteiger partial charge in [-0.15, -0.1) is 11.6 Å². The highest BCUT2D eigenvalue weighted by molar-refractivity contribution is 7.90. The highest BCUT2D eigenvalue weighted by Crippen LogP contribution is 2.21. The van der Waals surface area contributed by atoms with Crippen LogP contribution in [0.5, 0.6) is 0 Å². The van der Waals surface area contributed by atoms with Gasteiger partial charge in [0.05, 0.1) is 4.75 Å². The molecule has 0 saturated heterocycles. The summed E-state index contributed by atoms with van der Waals surface area (Å²) in [5, 5.41) is 0. The average molecular weight is 256 g/mol. The SMILES string of the molecule is CC(C)(CCCl)CNS(=O)(=O)C(C)(C)C. The molecule has 0 aliphatic rings. The first kappa shape index (κ1) is 15.2. The van der Waals surface area contributed by atoms with Gasteiger partial charge in [0, 0.05) is 12.4 Å². The minimum atomic E-state index is -3.24. The lowest BCUT2D eigenvalue weighted by molar-refractivity contribution is 0.350. The molecule has 0 aromatic heterocycles. The van der Waals surface area contributed by atoms with Crippen molar-refractivity contribution in [3.8, 4) is 0 Å². The summed E-state index contributed by atoms with van der Waals surface area (Å²) in [4.78, 5) is 0. The molecule has 0 aromatic carbocycles. The van der Waals surface area contributed by atoms with Crippen molar-refractivity contribution in [2.24, 2.45) is 5.41 Å². The van der Waals surface area contributed by atoms with Crippen molar-refractivity contribution in [2.45, 2.75) is 45.8 Å². The first-order chi connectivity index (χ1) is 6.52. The summed E-state index contributed by atoms with van der Waals surface area (Å²) in [7, 11) is -3.24. The lowest BCUT2D eigenvalue weighted by atomic mass is 9.91. The number of nitrogens with one attached hydrogen (secondary N) is 1. The predicted molar refractivity (Wildman–Crippen MR) is 65.8 cm³/mol. The van der Waals surface area contributed by atoms with Crippen LogP contribution in [0.15, 0.2) is 0 Å². The fourth-order valence-corrected chi connectivity index (χ4v) is 2.38. The largest absolute Gasteiger partial charge is 0.216 e. The maximum Gasteiger partial charge on any atom is 0.216 e. The van der Waals surface area contributed by atoms with Crippen molar-refractivity contribution in [1.82, 2.24) is 4.72 Å². The molecule has 0 aliphatic carbocycles. The predicted octanol–water partition coefficient (Wildman–Crippen LogP) is 2.36. The van der Waals surface area contributed by atoms with Crippen LogP contribution < -0.4 is 4.72 Å². The van der Waals surface area contributed by atoms with Crippen molar-refractivity contribution in [3.05, 3.63) is 0 Å². The smallest absolute Gasteiger partial charge is 0.214 e. The molecule has 0 fully saturated rings. The highest BCUT2D eigenvalue weighted by Gasteiger charge is 2.30. The van der Waals surface area contributed by atoms with Gasteiger partial charge in [0.25, 0.3) is 0 Å². The van der Waals surface area contributed by atoms with Crippen LogP contribution in [-0.2, 0) is 10.0 Å². The minimum absolute atomic E-state index is 0.0972. The van der Waals surface area contributed by atoms with Crippen molar-refractivity contribution < 1.29 is 8.42 Å². The Morgan fingerprint density at radius 1 is 1.13 bits per heavy atom. The summed E-state index contributed by atoms with van der Waals surface area (Å²) in [6.07, 6.45) is 0.793. The van der Waals surface area contributed by atoms with Gasteiger partial charge in [-0.3, -0.25) is 0 Å². The Labute approximate surface area is 98.6 Å². The first-order valence-corrected chi connectivity index (χ1v) is 7.09. The molecule has 0 atom stereocenters. The van der Waals surface area contributed by atoms with E-state index in [1.165, 1.54) is 0 Å². The van der Waals surface area contributed by atoms with E-state index in [4.69, 9.17) is 11.6 Å². The number of alkyl halides is 1. The van der Waals surface area contributed by atoms with E-state index in [-0.39, 0.29) is 5.41 Å². The number of hydrogen-bond donors (Lipinski definition) is 1. The molecule has 0 aliphatic heterocycles. The van der Waals surface area contributed by atoms with Gasteiger partial charge >= 0.3 is 0 Å². The van der Waals surface area contributed by atoms with Crippen molar-refractivity contribution in [1.29, 1.82) is 0 Å². The number of hydrogen-bond acceptors (Lipinski definition) is 2. The van der Waals surface area contributed by atoms with Gasteiger partial charge in [-0.05, 0) is 32.6 Å². The molecule has 0 saturated carbocycles. The van der Waals surface area contributed by atoms with Gasteiger partial charge in [0.2, 0.25) is 10.0 Å². The number of rotatable bonds is 5. The van der Waals surface area contributed by atoms with E-state index in [0.29, 0.717) is 12.4 Å². The van der Waals surface area contributed by atoms with Gasteiger partial charge in [-0.1, -0.05) is 13.8 Å². The molecule has 92 valence electrons. The van der Waals surface area contributed by atoms with Gasteiger partial charge in [0.1, 0.15) is 0 Å². The molecule has 0 unspecified atom stereocenters. The van der Waals surface area contributed by atoms with Crippen LogP contribution in [0.2, 0.25) is 0 Å². The number of sulfonamides is 1. The van der Waals surface area contributed by atoms with E-state index in [1.54, 1.807) is 20.8 Å². The molecule has 1 N–H and O–H groups in total. The van der Waals surface area contributed by atoms with Crippen LogP contribution in [0, 0.1) is 5.41 Å². The Bertz CT molecular complexity index is 291. The van der Waals surface area contributed by atoms with Crippen LogP contribution in [0.1, 0.15) is 41.0 Å². The second-order valence-corrected chi connectivity index (χ2v) is 8.44. The molecule has 0 spiro atoms. The van der Waals surface area contributed by atoms with Crippen molar-refractivity contribution >= 4 is 21.6 Å². The quantitative estimate of drug-likeness (QED) is 0.767. The highest BCUT2D eigenvalue weighted by atomic mass is 35.5. The Morgan fingerprint density at radius 2 is 1.60 bits per heavy atom. The molecule has 0 amide bonds. The summed E-state index contributed by atoms with van der Waals surface area (Å²) in [6.45, 7) is 9.48. The maximum atomic E-state index is 11.8. The average Bonchev–Trinajstić information content (AvgIpc) is 1.99. The van der Waals surface area contributed by atoms with E-state index in [1.807, 2.05) is 13.8 Å². The summed E-state index contributed by atoms with van der Waals surface area (Å²) in [5.41, 5.74) is -0.0972. The van der Waals surface area contributed by atoms with Gasteiger partial charge < -0.3 is 0 Å². The Kier molecular flexibility index (Phi) is 5.09. The molecule has 0 bridgehead atoms. The third-order valence-corrected chi connectivity index (χ3v) is 4.64. The molecule has 0 heterocycles. The normalized spacial score (nSPS) is 14.3. The topological polar surface area (TPSA) is 46.2 Å². The molecular weight excluding hydrogens is 234 g/mol. The van der Waals surface area contributed by atoms with Crippen LogP contribution in [-0.4, -0.2) is 25.6 Å². The van der Waals surface area contributed by atoms with Crippen LogP contribution in [0.3, 0.4) is 0 Å². The third-order valence-electron chi connectivity index (χ3n) is 2.32. The zero-order valence-corrected chi connectivity index (χ0v) is 11.8. The molecule has 0 radical (unpaired) electrons. The van der Waals surface area contributed by atoms with Crippen molar-refractivity contribution in [2.75, 3.05) is 12.4 Å². The fourth-order valence-electron chi connectivity index (χ4n) is 0.851. The van der Waals surface area contributed by atoms with E-state index < -0.39 is 14.8 Å². The van der Waals surface area contributed by atoms with E-state index >= 15 is 0 Å². The third kappa shape index (κ3) is 5.18. The van der Waals surface area contributed by atoms with Gasteiger partial charge in [-0.25, -0.2) is 13.1 Å².